The van der Waals surface area contributed by atoms with Crippen LogP contribution in [0.15, 0.2) is 54.6 Å². The largest absolute Gasteiger partial charge is 0.503 e. The fraction of sp³-hybridized carbons (Fsp3) is 0.548. The molecule has 2 rings (SSSR count). The van der Waals surface area contributed by atoms with Crippen LogP contribution in [-0.4, -0.2) is 29.4 Å². The highest BCUT2D eigenvalue weighted by Gasteiger charge is 2.16. The molecule has 0 fully saturated rings. The average molecular weight is 499 g/mol. The Labute approximate surface area is 217 Å². The fourth-order valence-corrected chi connectivity index (χ4v) is 4.58. The lowest BCUT2D eigenvalue weighted by Gasteiger charge is -2.19. The molecule has 1 unspecified atom stereocenters. The zero-order chi connectivity index (χ0) is 26.4. The molecule has 36 heavy (non-hydrogen) atoms. The molecule has 1 atom stereocenters. The highest BCUT2D eigenvalue weighted by Crippen LogP contribution is 2.31. The Bertz CT molecular complexity index is 830. The van der Waals surface area contributed by atoms with Crippen molar-refractivity contribution in [3.05, 3.63) is 71.3 Å². The first-order valence-corrected chi connectivity index (χ1v) is 13.6. The quantitative estimate of drug-likeness (QED) is 0.168. The van der Waals surface area contributed by atoms with E-state index in [2.05, 4.69) is 43.3 Å². The lowest BCUT2D eigenvalue weighted by molar-refractivity contribution is 0.0600. The fourth-order valence-electron chi connectivity index (χ4n) is 4.58. The Kier molecular flexibility index (Phi) is 17.7. The summed E-state index contributed by atoms with van der Waals surface area (Å²) >= 11 is 0. The van der Waals surface area contributed by atoms with Crippen LogP contribution in [0.25, 0.3) is 0 Å². The predicted octanol–water partition coefficient (Wildman–Crippen LogP) is 9.31. The van der Waals surface area contributed by atoms with E-state index >= 15 is 0 Å². The number of carboxylic acid groups (broad SMARTS) is 2. The third-order valence-electron chi connectivity index (χ3n) is 6.51. The molecule has 2 aromatic carbocycles. The summed E-state index contributed by atoms with van der Waals surface area (Å²) in [7, 11) is 1.44. The van der Waals surface area contributed by atoms with Crippen LogP contribution in [0, 0.1) is 0 Å². The van der Waals surface area contributed by atoms with Crippen molar-refractivity contribution in [2.24, 2.45) is 0 Å². The molecule has 0 saturated carbocycles. The van der Waals surface area contributed by atoms with Crippen LogP contribution in [0.2, 0.25) is 0 Å². The van der Waals surface area contributed by atoms with Gasteiger partial charge in [0, 0.05) is 5.92 Å². The first kappa shape index (κ1) is 31.2. The van der Waals surface area contributed by atoms with Gasteiger partial charge in [0.25, 0.3) is 0 Å². The van der Waals surface area contributed by atoms with E-state index in [1.165, 1.54) is 102 Å². The first-order chi connectivity index (χ1) is 17.5. The maximum Gasteiger partial charge on any atom is 0.503 e. The summed E-state index contributed by atoms with van der Waals surface area (Å²) in [6.45, 7) is 2.28. The molecule has 5 heteroatoms. The Morgan fingerprint density at radius 3 is 1.67 bits per heavy atom. The van der Waals surface area contributed by atoms with Gasteiger partial charge in [-0.05, 0) is 29.7 Å². The van der Waals surface area contributed by atoms with E-state index in [1.807, 2.05) is 18.2 Å². The lowest BCUT2D eigenvalue weighted by Crippen LogP contribution is -2.05. The molecule has 0 amide bonds. The smallest absolute Gasteiger partial charge is 0.465 e. The van der Waals surface area contributed by atoms with E-state index in [1.54, 1.807) is 0 Å². The molecule has 0 aliphatic heterocycles. The van der Waals surface area contributed by atoms with Crippen molar-refractivity contribution in [3.8, 4) is 0 Å². The summed E-state index contributed by atoms with van der Waals surface area (Å²) in [6.07, 6.45) is 17.1. The molecule has 0 aliphatic carbocycles. The average Bonchev–Trinajstić information content (AvgIpc) is 2.88. The topological polar surface area (TPSA) is 83.8 Å². The molecule has 2 aromatic rings. The van der Waals surface area contributed by atoms with E-state index in [9.17, 15) is 4.79 Å². The molecule has 0 bridgehead atoms. The Hall–Kier alpha value is -2.82. The number of hydrogen-bond acceptors (Lipinski definition) is 3. The van der Waals surface area contributed by atoms with E-state index in [0.717, 1.165) is 6.42 Å². The molecule has 0 spiro atoms. The van der Waals surface area contributed by atoms with E-state index in [-0.39, 0.29) is 5.97 Å². The van der Waals surface area contributed by atoms with Crippen molar-refractivity contribution >= 4 is 12.1 Å². The number of esters is 1. The number of rotatable bonds is 17. The van der Waals surface area contributed by atoms with Crippen molar-refractivity contribution in [2.45, 2.75) is 103 Å². The minimum absolute atomic E-state index is 0.264. The lowest BCUT2D eigenvalue weighted by atomic mass is 9.86. The standard InChI is InChI=1S/C30H44O2.CH2O3/c1-3-4-5-6-7-8-9-10-11-12-13-14-18-24-29(26-20-16-15-17-21-26)27-22-19-23-28(25-27)30(31)32-2;2-1(3)4/h15-17,19-23,25,29H,3-14,18,24H2,1-2H3;(H2,2,3,4). The van der Waals surface area contributed by atoms with Crippen LogP contribution in [0.4, 0.5) is 4.79 Å². The summed E-state index contributed by atoms with van der Waals surface area (Å²) in [5.41, 5.74) is 3.17. The van der Waals surface area contributed by atoms with Crippen LogP contribution < -0.4 is 0 Å². The van der Waals surface area contributed by atoms with Gasteiger partial charge in [0.1, 0.15) is 0 Å². The van der Waals surface area contributed by atoms with Crippen LogP contribution in [0.1, 0.15) is 124 Å². The number of carbonyl (C=O) groups is 2. The van der Waals surface area contributed by atoms with Gasteiger partial charge in [-0.25, -0.2) is 9.59 Å². The molecule has 200 valence electrons. The highest BCUT2D eigenvalue weighted by molar-refractivity contribution is 5.89. The Balaban J connectivity index is 0.00000150. The second-order valence-electron chi connectivity index (χ2n) is 9.39. The van der Waals surface area contributed by atoms with Crippen molar-refractivity contribution in [3.63, 3.8) is 0 Å². The van der Waals surface area contributed by atoms with Gasteiger partial charge >= 0.3 is 12.1 Å². The van der Waals surface area contributed by atoms with Gasteiger partial charge in [-0.1, -0.05) is 133 Å². The van der Waals surface area contributed by atoms with Gasteiger partial charge < -0.3 is 14.9 Å². The van der Waals surface area contributed by atoms with E-state index in [4.69, 9.17) is 19.7 Å². The zero-order valence-corrected chi connectivity index (χ0v) is 22.3. The summed E-state index contributed by atoms with van der Waals surface area (Å²) in [4.78, 5) is 20.5. The molecule has 0 saturated heterocycles. The molecular weight excluding hydrogens is 452 g/mol. The third kappa shape index (κ3) is 14.6. The van der Waals surface area contributed by atoms with Gasteiger partial charge in [0.05, 0.1) is 12.7 Å². The third-order valence-corrected chi connectivity index (χ3v) is 6.51. The minimum Gasteiger partial charge on any atom is -0.465 e. The number of carbonyl (C=O) groups excluding carboxylic acids is 1. The van der Waals surface area contributed by atoms with E-state index < -0.39 is 6.16 Å². The number of hydrogen-bond donors (Lipinski definition) is 2. The van der Waals surface area contributed by atoms with Gasteiger partial charge in [0.15, 0.2) is 0 Å². The molecular formula is C31H46O5. The van der Waals surface area contributed by atoms with Crippen LogP contribution >= 0.6 is 0 Å². The Morgan fingerprint density at radius 2 is 1.17 bits per heavy atom. The van der Waals surface area contributed by atoms with Gasteiger partial charge in [0.2, 0.25) is 0 Å². The number of methoxy groups -OCH3 is 1. The Morgan fingerprint density at radius 1 is 0.694 bits per heavy atom. The van der Waals surface area contributed by atoms with Gasteiger partial charge in [-0.3, -0.25) is 0 Å². The van der Waals surface area contributed by atoms with Crippen LogP contribution in [-0.2, 0) is 4.74 Å². The molecule has 0 aliphatic rings. The second kappa shape index (κ2) is 20.4. The zero-order valence-electron chi connectivity index (χ0n) is 22.3. The maximum atomic E-state index is 12.0. The van der Waals surface area contributed by atoms with Gasteiger partial charge in [-0.2, -0.15) is 0 Å². The van der Waals surface area contributed by atoms with Crippen molar-refractivity contribution in [2.75, 3.05) is 7.11 Å². The SMILES string of the molecule is CCCCCCCCCCCCCCCC(c1ccccc1)c1cccc(C(=O)OC)c1.O=C(O)O. The van der Waals surface area contributed by atoms with E-state index in [0.29, 0.717) is 11.5 Å². The predicted molar refractivity (Wildman–Crippen MR) is 147 cm³/mol. The second-order valence-corrected chi connectivity index (χ2v) is 9.39. The molecule has 5 nitrogen and oxygen atoms in total. The summed E-state index contributed by atoms with van der Waals surface area (Å²) < 4.78 is 4.92. The van der Waals surface area contributed by atoms with Crippen LogP contribution in [0.3, 0.4) is 0 Å². The molecule has 0 radical (unpaired) electrons. The minimum atomic E-state index is -1.83. The monoisotopic (exact) mass is 498 g/mol. The van der Waals surface area contributed by atoms with Crippen LogP contribution in [0.5, 0.6) is 0 Å². The summed E-state index contributed by atoms with van der Waals surface area (Å²) in [5.74, 6) is 0.0631. The number of ether oxygens (including phenoxy) is 1. The normalized spacial score (nSPS) is 11.3. The first-order valence-electron chi connectivity index (χ1n) is 13.6. The molecule has 0 heterocycles. The van der Waals surface area contributed by atoms with Crippen molar-refractivity contribution in [1.82, 2.24) is 0 Å². The van der Waals surface area contributed by atoms with Crippen molar-refractivity contribution < 1.29 is 24.5 Å². The molecule has 0 aromatic heterocycles. The summed E-state index contributed by atoms with van der Waals surface area (Å²) in [5, 5.41) is 13.9. The van der Waals surface area contributed by atoms with Gasteiger partial charge in [-0.15, -0.1) is 0 Å². The van der Waals surface area contributed by atoms with Crippen molar-refractivity contribution in [1.29, 1.82) is 0 Å². The maximum absolute atomic E-state index is 12.0. The number of unbranched alkanes of at least 4 members (excludes halogenated alkanes) is 12. The highest BCUT2D eigenvalue weighted by atomic mass is 16.6. The molecule has 2 N–H and O–H groups in total. The number of benzene rings is 2. The summed E-state index contributed by atoms with van der Waals surface area (Å²) in [6, 6.07) is 18.7.